The second kappa shape index (κ2) is 5.57. The number of carbonyl (C=O) groups is 1. The maximum absolute atomic E-state index is 11.0. The van der Waals surface area contributed by atoms with Gasteiger partial charge in [-0.2, -0.15) is 0 Å². The summed E-state index contributed by atoms with van der Waals surface area (Å²) in [6.45, 7) is 4.02. The molecule has 0 rings (SSSR count). The van der Waals surface area contributed by atoms with Crippen LogP contribution in [0, 0.1) is 5.41 Å². The molecule has 1 N–H and O–H groups in total. The van der Waals surface area contributed by atoms with Crippen LogP contribution in [-0.2, 0) is 4.79 Å². The van der Waals surface area contributed by atoms with Crippen LogP contribution >= 0.6 is 15.9 Å². The van der Waals surface area contributed by atoms with Crippen molar-refractivity contribution in [2.75, 3.05) is 5.33 Å². The molecule has 0 saturated heterocycles. The standard InChI is InChI=1S/C9H17BrO2/c1-3-5-6-9(4-2,7-10)8(11)12/h3-7H2,1-2H3,(H,11,12). The number of alkyl halides is 1. The molecule has 0 spiro atoms. The van der Waals surface area contributed by atoms with Crippen LogP contribution < -0.4 is 0 Å². The molecule has 0 aliphatic heterocycles. The molecule has 0 aromatic heterocycles. The van der Waals surface area contributed by atoms with Crippen LogP contribution in [-0.4, -0.2) is 16.4 Å². The maximum atomic E-state index is 11.0. The van der Waals surface area contributed by atoms with Gasteiger partial charge in [-0.05, 0) is 12.8 Å². The minimum atomic E-state index is -0.671. The highest BCUT2D eigenvalue weighted by Crippen LogP contribution is 2.31. The average molecular weight is 237 g/mol. The summed E-state index contributed by atoms with van der Waals surface area (Å²) in [6, 6.07) is 0. The maximum Gasteiger partial charge on any atom is 0.310 e. The van der Waals surface area contributed by atoms with Gasteiger partial charge in [-0.15, -0.1) is 0 Å². The molecule has 0 aliphatic rings. The summed E-state index contributed by atoms with van der Waals surface area (Å²) < 4.78 is 0. The molecule has 0 heterocycles. The summed E-state index contributed by atoms with van der Waals surface area (Å²) >= 11 is 3.28. The Bertz CT molecular complexity index is 141. The van der Waals surface area contributed by atoms with Crippen LogP contribution in [0.4, 0.5) is 0 Å². The molecule has 1 unspecified atom stereocenters. The predicted octanol–water partition coefficient (Wildman–Crippen LogP) is 3.05. The van der Waals surface area contributed by atoms with E-state index in [0.717, 1.165) is 19.3 Å². The van der Waals surface area contributed by atoms with E-state index >= 15 is 0 Å². The monoisotopic (exact) mass is 236 g/mol. The number of aliphatic carboxylic acids is 1. The van der Waals surface area contributed by atoms with Crippen molar-refractivity contribution in [2.24, 2.45) is 5.41 Å². The van der Waals surface area contributed by atoms with Crippen molar-refractivity contribution in [1.82, 2.24) is 0 Å². The Morgan fingerprint density at radius 3 is 2.33 bits per heavy atom. The highest BCUT2D eigenvalue weighted by Gasteiger charge is 2.34. The smallest absolute Gasteiger partial charge is 0.310 e. The zero-order valence-electron chi connectivity index (χ0n) is 7.77. The average Bonchev–Trinajstić information content (AvgIpc) is 2.07. The molecule has 0 radical (unpaired) electrons. The van der Waals surface area contributed by atoms with Gasteiger partial charge in [-0.3, -0.25) is 4.79 Å². The van der Waals surface area contributed by atoms with Gasteiger partial charge in [-0.25, -0.2) is 0 Å². The number of carboxylic acids is 1. The summed E-state index contributed by atoms with van der Waals surface area (Å²) in [7, 11) is 0. The summed E-state index contributed by atoms with van der Waals surface area (Å²) in [5.74, 6) is -0.671. The van der Waals surface area contributed by atoms with Crippen LogP contribution in [0.3, 0.4) is 0 Å². The van der Waals surface area contributed by atoms with Gasteiger partial charge >= 0.3 is 5.97 Å². The number of hydrogen-bond donors (Lipinski definition) is 1. The molecule has 0 aromatic carbocycles. The lowest BCUT2D eigenvalue weighted by molar-refractivity contribution is -0.148. The Morgan fingerprint density at radius 1 is 1.50 bits per heavy atom. The van der Waals surface area contributed by atoms with Crippen molar-refractivity contribution >= 4 is 21.9 Å². The van der Waals surface area contributed by atoms with Gasteiger partial charge < -0.3 is 5.11 Å². The normalized spacial score (nSPS) is 15.6. The lowest BCUT2D eigenvalue weighted by Crippen LogP contribution is -2.32. The Morgan fingerprint density at radius 2 is 2.08 bits per heavy atom. The molecule has 3 heteroatoms. The van der Waals surface area contributed by atoms with Gasteiger partial charge in [0.25, 0.3) is 0 Å². The van der Waals surface area contributed by atoms with Crippen LogP contribution in [0.15, 0.2) is 0 Å². The molecule has 0 aliphatic carbocycles. The fourth-order valence-electron chi connectivity index (χ4n) is 1.17. The van der Waals surface area contributed by atoms with Gasteiger partial charge in [-0.1, -0.05) is 42.6 Å². The van der Waals surface area contributed by atoms with Gasteiger partial charge in [0, 0.05) is 5.33 Å². The summed E-state index contributed by atoms with van der Waals surface area (Å²) in [5.41, 5.74) is -0.532. The molecular weight excluding hydrogens is 220 g/mol. The first-order chi connectivity index (χ1) is 5.63. The molecule has 0 saturated carbocycles. The molecular formula is C9H17BrO2. The van der Waals surface area contributed by atoms with Crippen LogP contribution in [0.25, 0.3) is 0 Å². The molecule has 2 nitrogen and oxygen atoms in total. The SMILES string of the molecule is CCCCC(CC)(CBr)C(=O)O. The van der Waals surface area contributed by atoms with E-state index in [1.54, 1.807) is 0 Å². The number of halogens is 1. The zero-order valence-corrected chi connectivity index (χ0v) is 9.35. The molecule has 12 heavy (non-hydrogen) atoms. The second-order valence-electron chi connectivity index (χ2n) is 3.18. The zero-order chi connectivity index (χ0) is 9.61. The van der Waals surface area contributed by atoms with E-state index in [0.29, 0.717) is 11.8 Å². The van der Waals surface area contributed by atoms with Gasteiger partial charge in [0.1, 0.15) is 0 Å². The molecule has 0 amide bonds. The minimum Gasteiger partial charge on any atom is -0.481 e. The molecule has 0 aromatic rings. The van der Waals surface area contributed by atoms with E-state index in [9.17, 15) is 4.79 Å². The summed E-state index contributed by atoms with van der Waals surface area (Å²) in [6.07, 6.45) is 3.53. The first-order valence-electron chi connectivity index (χ1n) is 4.42. The van der Waals surface area contributed by atoms with Crippen molar-refractivity contribution in [3.63, 3.8) is 0 Å². The van der Waals surface area contributed by atoms with E-state index in [4.69, 9.17) is 5.11 Å². The third-order valence-corrected chi connectivity index (χ3v) is 3.47. The van der Waals surface area contributed by atoms with E-state index in [-0.39, 0.29) is 0 Å². The van der Waals surface area contributed by atoms with Crippen molar-refractivity contribution in [3.8, 4) is 0 Å². The van der Waals surface area contributed by atoms with E-state index in [2.05, 4.69) is 22.9 Å². The quantitative estimate of drug-likeness (QED) is 0.721. The first kappa shape index (κ1) is 11.9. The van der Waals surface area contributed by atoms with Crippen molar-refractivity contribution in [1.29, 1.82) is 0 Å². The van der Waals surface area contributed by atoms with Crippen molar-refractivity contribution in [2.45, 2.75) is 39.5 Å². The van der Waals surface area contributed by atoms with Crippen molar-refractivity contribution in [3.05, 3.63) is 0 Å². The fraction of sp³-hybridized carbons (Fsp3) is 0.889. The minimum absolute atomic E-state index is 0.532. The van der Waals surface area contributed by atoms with Gasteiger partial charge in [0.05, 0.1) is 5.41 Å². The second-order valence-corrected chi connectivity index (χ2v) is 3.74. The van der Waals surface area contributed by atoms with E-state index in [1.165, 1.54) is 0 Å². The number of hydrogen-bond acceptors (Lipinski definition) is 1. The van der Waals surface area contributed by atoms with Crippen LogP contribution in [0.5, 0.6) is 0 Å². The lowest BCUT2D eigenvalue weighted by atomic mass is 9.82. The van der Waals surface area contributed by atoms with E-state index in [1.807, 2.05) is 6.92 Å². The summed E-state index contributed by atoms with van der Waals surface area (Å²) in [5, 5.41) is 9.58. The molecule has 0 bridgehead atoms. The van der Waals surface area contributed by atoms with Gasteiger partial charge in [0.2, 0.25) is 0 Å². The third-order valence-electron chi connectivity index (χ3n) is 2.40. The molecule has 72 valence electrons. The number of rotatable bonds is 6. The number of unbranched alkanes of at least 4 members (excludes halogenated alkanes) is 1. The van der Waals surface area contributed by atoms with Crippen LogP contribution in [0.2, 0.25) is 0 Å². The van der Waals surface area contributed by atoms with Crippen molar-refractivity contribution < 1.29 is 9.90 Å². The lowest BCUT2D eigenvalue weighted by Gasteiger charge is -2.25. The number of carboxylic acid groups (broad SMARTS) is 1. The topological polar surface area (TPSA) is 37.3 Å². The van der Waals surface area contributed by atoms with Crippen LogP contribution in [0.1, 0.15) is 39.5 Å². The molecule has 0 fully saturated rings. The first-order valence-corrected chi connectivity index (χ1v) is 5.54. The highest BCUT2D eigenvalue weighted by atomic mass is 79.9. The Hall–Kier alpha value is -0.0500. The largest absolute Gasteiger partial charge is 0.481 e. The summed E-state index contributed by atoms with van der Waals surface area (Å²) in [4.78, 5) is 11.0. The highest BCUT2D eigenvalue weighted by molar-refractivity contribution is 9.09. The molecule has 1 atom stereocenters. The Labute approximate surface area is 82.5 Å². The van der Waals surface area contributed by atoms with Gasteiger partial charge in [0.15, 0.2) is 0 Å². The van der Waals surface area contributed by atoms with E-state index < -0.39 is 11.4 Å². The fourth-order valence-corrected chi connectivity index (χ4v) is 2.09. The predicted molar refractivity (Wildman–Crippen MR) is 53.7 cm³/mol. The Balaban J connectivity index is 4.25. The Kier molecular flexibility index (Phi) is 5.55. The third kappa shape index (κ3) is 2.77.